The highest BCUT2D eigenvalue weighted by Crippen LogP contribution is 2.47. The van der Waals surface area contributed by atoms with Crippen molar-refractivity contribution in [2.24, 2.45) is 5.41 Å². The lowest BCUT2D eigenvalue weighted by Gasteiger charge is -2.53. The normalized spacial score (nSPS) is 21.2. The number of aromatic nitrogens is 3. The standard InChI is InChI=1S/C29H32Cl2N6O5/c1-4-23(38)34-19-13-42-12-18(19)33-22-9-16-17(11-32-22)35-27(24-25(30)20(39-2)10-21(40-3)26(24)31)36-28(16)37-14-29(15-37)5-7-41-8-6-29/h4,9-11,18-19H,1,5-8,12-15H2,2-3H3,(H,32,33)(H,34,38)/t18-,19+/m1/s1. The van der Waals surface area contributed by atoms with Crippen LogP contribution in [-0.2, 0) is 14.3 Å². The number of hydrogen-bond donors (Lipinski definition) is 2. The number of pyridine rings is 1. The molecule has 0 bridgehead atoms. The maximum Gasteiger partial charge on any atom is 0.243 e. The Morgan fingerprint density at radius 1 is 1.07 bits per heavy atom. The Balaban J connectivity index is 1.41. The van der Waals surface area contributed by atoms with Gasteiger partial charge in [-0.25, -0.2) is 15.0 Å². The van der Waals surface area contributed by atoms with Crippen molar-refractivity contribution in [2.45, 2.75) is 24.9 Å². The van der Waals surface area contributed by atoms with Crippen molar-refractivity contribution in [3.63, 3.8) is 0 Å². The molecule has 2 N–H and O–H groups in total. The minimum atomic E-state index is -0.252. The highest BCUT2D eigenvalue weighted by Gasteiger charge is 2.45. The van der Waals surface area contributed by atoms with E-state index in [9.17, 15) is 4.79 Å². The van der Waals surface area contributed by atoms with Crippen LogP contribution in [0.4, 0.5) is 11.6 Å². The number of halogens is 2. The van der Waals surface area contributed by atoms with E-state index >= 15 is 0 Å². The van der Waals surface area contributed by atoms with Crippen LogP contribution < -0.4 is 25.0 Å². The minimum Gasteiger partial charge on any atom is -0.495 e. The molecule has 1 aromatic carbocycles. The van der Waals surface area contributed by atoms with Crippen LogP contribution in [0.5, 0.6) is 11.5 Å². The van der Waals surface area contributed by atoms with Crippen molar-refractivity contribution in [1.29, 1.82) is 0 Å². The largest absolute Gasteiger partial charge is 0.495 e. The smallest absolute Gasteiger partial charge is 0.243 e. The molecule has 0 aliphatic carbocycles. The first-order valence-electron chi connectivity index (χ1n) is 13.7. The van der Waals surface area contributed by atoms with Crippen LogP contribution in [0.25, 0.3) is 22.3 Å². The van der Waals surface area contributed by atoms with Crippen molar-refractivity contribution in [1.82, 2.24) is 20.3 Å². The Hall–Kier alpha value is -3.38. The Labute approximate surface area is 253 Å². The molecule has 2 atom stereocenters. The molecule has 0 unspecified atom stereocenters. The number of benzene rings is 1. The molecule has 3 aromatic rings. The number of hydrogen-bond acceptors (Lipinski definition) is 10. The third-order valence-electron chi connectivity index (χ3n) is 8.19. The maximum atomic E-state index is 11.9. The van der Waals surface area contributed by atoms with E-state index in [1.54, 1.807) is 12.3 Å². The lowest BCUT2D eigenvalue weighted by Crippen LogP contribution is -2.59. The van der Waals surface area contributed by atoms with Crippen LogP contribution in [0, 0.1) is 5.41 Å². The molecule has 6 rings (SSSR count). The molecule has 222 valence electrons. The molecule has 0 radical (unpaired) electrons. The molecule has 3 aliphatic heterocycles. The zero-order valence-electron chi connectivity index (χ0n) is 23.4. The highest BCUT2D eigenvalue weighted by atomic mass is 35.5. The Bertz CT molecular complexity index is 1500. The molecule has 5 heterocycles. The zero-order chi connectivity index (χ0) is 29.4. The van der Waals surface area contributed by atoms with E-state index in [-0.39, 0.29) is 23.4 Å². The molecular formula is C29H32Cl2N6O5. The van der Waals surface area contributed by atoms with E-state index in [0.717, 1.165) is 50.3 Å². The van der Waals surface area contributed by atoms with Gasteiger partial charge in [0.05, 0.1) is 66.8 Å². The molecule has 13 heteroatoms. The number of fused-ring (bicyclic) bond motifs is 1. The number of carbonyl (C=O) groups excluding carboxylic acids is 1. The number of nitrogens with zero attached hydrogens (tertiary/aromatic N) is 4. The first-order valence-corrected chi connectivity index (χ1v) is 14.5. The van der Waals surface area contributed by atoms with Crippen molar-refractivity contribution in [3.8, 4) is 22.9 Å². The van der Waals surface area contributed by atoms with Gasteiger partial charge in [-0.2, -0.15) is 0 Å². The second-order valence-corrected chi connectivity index (χ2v) is 11.6. The van der Waals surface area contributed by atoms with Crippen molar-refractivity contribution >= 4 is 51.6 Å². The second kappa shape index (κ2) is 11.7. The monoisotopic (exact) mass is 614 g/mol. The van der Waals surface area contributed by atoms with Gasteiger partial charge in [-0.15, -0.1) is 0 Å². The number of nitrogens with one attached hydrogen (secondary N) is 2. The summed E-state index contributed by atoms with van der Waals surface area (Å²) >= 11 is 13.5. The van der Waals surface area contributed by atoms with E-state index in [1.807, 2.05) is 6.07 Å². The van der Waals surface area contributed by atoms with Crippen LogP contribution in [0.2, 0.25) is 10.0 Å². The molecule has 42 heavy (non-hydrogen) atoms. The number of rotatable bonds is 8. The Morgan fingerprint density at radius 3 is 2.43 bits per heavy atom. The van der Waals surface area contributed by atoms with Crippen LogP contribution in [0.1, 0.15) is 12.8 Å². The van der Waals surface area contributed by atoms with E-state index in [4.69, 9.17) is 52.1 Å². The highest BCUT2D eigenvalue weighted by molar-refractivity contribution is 6.41. The molecular weight excluding hydrogens is 583 g/mol. The minimum absolute atomic E-state index is 0.168. The topological polar surface area (TPSA) is 120 Å². The van der Waals surface area contributed by atoms with E-state index < -0.39 is 0 Å². The van der Waals surface area contributed by atoms with E-state index in [1.165, 1.54) is 20.3 Å². The van der Waals surface area contributed by atoms with Gasteiger partial charge in [-0.05, 0) is 25.0 Å². The summed E-state index contributed by atoms with van der Waals surface area (Å²) in [5, 5.41) is 7.73. The number of methoxy groups -OCH3 is 2. The summed E-state index contributed by atoms with van der Waals surface area (Å²) in [6.45, 7) is 7.59. The number of anilines is 2. The summed E-state index contributed by atoms with van der Waals surface area (Å²) in [6, 6.07) is 3.18. The van der Waals surface area contributed by atoms with Crippen LogP contribution >= 0.6 is 23.2 Å². The molecule has 3 saturated heterocycles. The molecule has 2 aromatic heterocycles. The van der Waals surface area contributed by atoms with Gasteiger partial charge in [-0.1, -0.05) is 29.8 Å². The first kappa shape index (κ1) is 28.7. The number of ether oxygens (including phenoxy) is 4. The third-order valence-corrected chi connectivity index (χ3v) is 8.94. The summed E-state index contributed by atoms with van der Waals surface area (Å²) in [6.07, 6.45) is 4.97. The molecule has 3 aliphatic rings. The van der Waals surface area contributed by atoms with Crippen LogP contribution in [0.15, 0.2) is 31.0 Å². The van der Waals surface area contributed by atoms with Gasteiger partial charge >= 0.3 is 0 Å². The van der Waals surface area contributed by atoms with Gasteiger partial charge in [0.25, 0.3) is 0 Å². The fraction of sp³-hybridized carbons (Fsp3) is 0.448. The fourth-order valence-corrected chi connectivity index (χ4v) is 6.50. The Kier molecular flexibility index (Phi) is 8.01. The number of carbonyl (C=O) groups is 1. The van der Waals surface area contributed by atoms with Crippen molar-refractivity contribution in [2.75, 3.05) is 64.0 Å². The average Bonchev–Trinajstić information content (AvgIpc) is 3.42. The van der Waals surface area contributed by atoms with Crippen LogP contribution in [-0.4, -0.2) is 86.7 Å². The van der Waals surface area contributed by atoms with Gasteiger partial charge in [-0.3, -0.25) is 4.79 Å². The lowest BCUT2D eigenvalue weighted by molar-refractivity contribution is -0.117. The molecule has 0 saturated carbocycles. The van der Waals surface area contributed by atoms with Crippen molar-refractivity contribution < 1.29 is 23.7 Å². The lowest BCUT2D eigenvalue weighted by atomic mass is 9.73. The summed E-state index contributed by atoms with van der Waals surface area (Å²) in [4.78, 5) is 28.7. The second-order valence-electron chi connectivity index (χ2n) is 10.8. The molecule has 3 fully saturated rings. The summed E-state index contributed by atoms with van der Waals surface area (Å²) < 4.78 is 22.2. The molecule has 1 amide bonds. The number of amides is 1. The predicted molar refractivity (Wildman–Crippen MR) is 161 cm³/mol. The summed E-state index contributed by atoms with van der Waals surface area (Å²) in [7, 11) is 3.05. The van der Waals surface area contributed by atoms with Gasteiger partial charge in [0.2, 0.25) is 5.91 Å². The SMILES string of the molecule is C=CC(=O)N[C@H]1COC[C@H]1Nc1cc2c(N3CC4(CCOCC4)C3)nc(-c3c(Cl)c(OC)cc(OC)c3Cl)nc2cn1. The first-order chi connectivity index (χ1) is 20.3. The summed E-state index contributed by atoms with van der Waals surface area (Å²) in [5.41, 5.74) is 1.25. The van der Waals surface area contributed by atoms with Gasteiger partial charge in [0.15, 0.2) is 5.82 Å². The average molecular weight is 616 g/mol. The van der Waals surface area contributed by atoms with Gasteiger partial charge in [0, 0.05) is 43.2 Å². The summed E-state index contributed by atoms with van der Waals surface area (Å²) in [5.74, 6) is 2.27. The van der Waals surface area contributed by atoms with Crippen LogP contribution in [0.3, 0.4) is 0 Å². The van der Waals surface area contributed by atoms with E-state index in [2.05, 4.69) is 27.1 Å². The third kappa shape index (κ3) is 5.30. The molecule has 1 spiro atoms. The predicted octanol–water partition coefficient (Wildman–Crippen LogP) is 4.11. The molecule has 11 nitrogen and oxygen atoms in total. The van der Waals surface area contributed by atoms with E-state index in [0.29, 0.717) is 57.5 Å². The van der Waals surface area contributed by atoms with Gasteiger partial charge < -0.3 is 34.5 Å². The van der Waals surface area contributed by atoms with Crippen molar-refractivity contribution in [3.05, 3.63) is 41.0 Å². The van der Waals surface area contributed by atoms with Gasteiger partial charge in [0.1, 0.15) is 23.1 Å². The maximum absolute atomic E-state index is 11.9. The zero-order valence-corrected chi connectivity index (χ0v) is 24.9. The Morgan fingerprint density at radius 2 is 1.76 bits per heavy atom. The quantitative estimate of drug-likeness (QED) is 0.359. The fourth-order valence-electron chi connectivity index (χ4n) is 5.83.